The monoisotopic (exact) mass is 278 g/mol. The Balaban J connectivity index is 1.83. The molecule has 0 aliphatic heterocycles. The van der Waals surface area contributed by atoms with Crippen molar-refractivity contribution in [3.05, 3.63) is 52.2 Å². The molecule has 1 atom stereocenters. The first-order valence-corrected chi connectivity index (χ1v) is 7.26. The highest BCUT2D eigenvalue weighted by Crippen LogP contribution is 2.25. The van der Waals surface area contributed by atoms with Gasteiger partial charge < -0.3 is 5.32 Å². The number of fused-ring (bicyclic) bond motifs is 1. The van der Waals surface area contributed by atoms with Crippen LogP contribution in [0.5, 0.6) is 0 Å². The standard InChI is InChI=1S/C17H18N4/c1-11-12(2)20-21-17(16(11)10-18)19-15-8-7-13-5-3-4-6-14(13)9-15/h3-6,15H,7-9H2,1-2H3,(H,19,21). The van der Waals surface area contributed by atoms with E-state index in [1.807, 2.05) is 13.8 Å². The fourth-order valence-corrected chi connectivity index (χ4v) is 2.86. The van der Waals surface area contributed by atoms with E-state index in [1.54, 1.807) is 0 Å². The van der Waals surface area contributed by atoms with E-state index in [0.717, 1.165) is 30.5 Å². The Hall–Kier alpha value is -2.41. The molecule has 106 valence electrons. The van der Waals surface area contributed by atoms with Crippen LogP contribution in [-0.4, -0.2) is 16.2 Å². The van der Waals surface area contributed by atoms with E-state index >= 15 is 0 Å². The molecule has 1 aromatic heterocycles. The van der Waals surface area contributed by atoms with Crippen LogP contribution >= 0.6 is 0 Å². The number of benzene rings is 1. The molecule has 3 rings (SSSR count). The van der Waals surface area contributed by atoms with E-state index in [1.165, 1.54) is 11.1 Å². The van der Waals surface area contributed by atoms with Gasteiger partial charge in [0.2, 0.25) is 0 Å². The SMILES string of the molecule is Cc1nnc(NC2CCc3ccccc3C2)c(C#N)c1C. The van der Waals surface area contributed by atoms with Gasteiger partial charge in [0.1, 0.15) is 11.6 Å². The maximum Gasteiger partial charge on any atom is 0.167 e. The summed E-state index contributed by atoms with van der Waals surface area (Å²) in [6, 6.07) is 11.1. The average Bonchev–Trinajstić information content (AvgIpc) is 2.51. The second-order valence-corrected chi connectivity index (χ2v) is 5.60. The number of rotatable bonds is 2. The second kappa shape index (κ2) is 5.53. The first-order chi connectivity index (χ1) is 10.2. The third-order valence-electron chi connectivity index (χ3n) is 4.25. The molecule has 0 saturated heterocycles. The highest BCUT2D eigenvalue weighted by Gasteiger charge is 2.20. The predicted molar refractivity (Wildman–Crippen MR) is 82.1 cm³/mol. The number of nitriles is 1. The molecule has 0 bridgehead atoms. The van der Waals surface area contributed by atoms with Crippen LogP contribution in [-0.2, 0) is 12.8 Å². The van der Waals surface area contributed by atoms with Crippen LogP contribution in [0.4, 0.5) is 5.82 Å². The van der Waals surface area contributed by atoms with Gasteiger partial charge in [-0.3, -0.25) is 0 Å². The van der Waals surface area contributed by atoms with Crippen molar-refractivity contribution in [2.45, 2.75) is 39.2 Å². The number of anilines is 1. The van der Waals surface area contributed by atoms with Crippen molar-refractivity contribution in [1.82, 2.24) is 10.2 Å². The molecule has 4 heteroatoms. The van der Waals surface area contributed by atoms with Crippen LogP contribution in [0.25, 0.3) is 0 Å². The Morgan fingerprint density at radius 1 is 1.19 bits per heavy atom. The first kappa shape index (κ1) is 13.6. The maximum absolute atomic E-state index is 9.35. The average molecular weight is 278 g/mol. The van der Waals surface area contributed by atoms with Gasteiger partial charge in [-0.25, -0.2) is 0 Å². The lowest BCUT2D eigenvalue weighted by atomic mass is 9.88. The number of nitrogens with zero attached hydrogens (tertiary/aromatic N) is 3. The molecule has 0 radical (unpaired) electrons. The number of aromatic nitrogens is 2. The van der Waals surface area contributed by atoms with E-state index in [0.29, 0.717) is 17.4 Å². The lowest BCUT2D eigenvalue weighted by molar-refractivity contribution is 0.607. The Kier molecular flexibility index (Phi) is 3.57. The molecule has 2 aromatic rings. The first-order valence-electron chi connectivity index (χ1n) is 7.26. The minimum atomic E-state index is 0.309. The molecular formula is C17H18N4. The lowest BCUT2D eigenvalue weighted by Crippen LogP contribution is -2.28. The van der Waals surface area contributed by atoms with Gasteiger partial charge in [0.15, 0.2) is 5.82 Å². The summed E-state index contributed by atoms with van der Waals surface area (Å²) < 4.78 is 0. The van der Waals surface area contributed by atoms with Crippen molar-refractivity contribution < 1.29 is 0 Å². The van der Waals surface area contributed by atoms with Crippen molar-refractivity contribution in [1.29, 1.82) is 5.26 Å². The number of hydrogen-bond acceptors (Lipinski definition) is 4. The molecule has 1 N–H and O–H groups in total. The summed E-state index contributed by atoms with van der Waals surface area (Å²) in [4.78, 5) is 0. The van der Waals surface area contributed by atoms with Gasteiger partial charge in [0.05, 0.1) is 5.69 Å². The summed E-state index contributed by atoms with van der Waals surface area (Å²) >= 11 is 0. The molecule has 1 heterocycles. The summed E-state index contributed by atoms with van der Waals surface area (Å²) in [5.41, 5.74) is 5.15. The number of aryl methyl sites for hydroxylation is 2. The lowest BCUT2D eigenvalue weighted by Gasteiger charge is -2.26. The van der Waals surface area contributed by atoms with E-state index < -0.39 is 0 Å². The molecule has 0 saturated carbocycles. The van der Waals surface area contributed by atoms with Gasteiger partial charge in [-0.15, -0.1) is 5.10 Å². The summed E-state index contributed by atoms with van der Waals surface area (Å²) in [6.45, 7) is 3.80. The molecule has 21 heavy (non-hydrogen) atoms. The third-order valence-corrected chi connectivity index (χ3v) is 4.25. The maximum atomic E-state index is 9.35. The minimum Gasteiger partial charge on any atom is -0.364 e. The zero-order valence-corrected chi connectivity index (χ0v) is 12.3. The Morgan fingerprint density at radius 3 is 2.71 bits per heavy atom. The Bertz CT molecular complexity index is 715. The van der Waals surface area contributed by atoms with Crippen LogP contribution in [0.3, 0.4) is 0 Å². The normalized spacial score (nSPS) is 16.9. The topological polar surface area (TPSA) is 61.6 Å². The molecule has 4 nitrogen and oxygen atoms in total. The molecule has 1 aromatic carbocycles. The summed E-state index contributed by atoms with van der Waals surface area (Å²) in [5, 5.41) is 21.1. The summed E-state index contributed by atoms with van der Waals surface area (Å²) in [5.74, 6) is 0.616. The highest BCUT2D eigenvalue weighted by atomic mass is 15.2. The van der Waals surface area contributed by atoms with Crippen LogP contribution in [0.15, 0.2) is 24.3 Å². The van der Waals surface area contributed by atoms with E-state index in [9.17, 15) is 5.26 Å². The van der Waals surface area contributed by atoms with Gasteiger partial charge in [0.25, 0.3) is 0 Å². The molecule has 1 aliphatic rings. The van der Waals surface area contributed by atoms with Crippen molar-refractivity contribution in [3.8, 4) is 6.07 Å². The van der Waals surface area contributed by atoms with Crippen molar-refractivity contribution >= 4 is 5.82 Å². The smallest absolute Gasteiger partial charge is 0.167 e. The molecule has 0 amide bonds. The van der Waals surface area contributed by atoms with E-state index in [2.05, 4.69) is 45.8 Å². The minimum absolute atomic E-state index is 0.309. The highest BCUT2D eigenvalue weighted by molar-refractivity contribution is 5.56. The zero-order chi connectivity index (χ0) is 14.8. The molecular weight excluding hydrogens is 260 g/mol. The molecule has 1 aliphatic carbocycles. The van der Waals surface area contributed by atoms with Crippen LogP contribution < -0.4 is 5.32 Å². The second-order valence-electron chi connectivity index (χ2n) is 5.60. The van der Waals surface area contributed by atoms with Gasteiger partial charge in [0, 0.05) is 6.04 Å². The molecule has 0 spiro atoms. The quantitative estimate of drug-likeness (QED) is 0.917. The number of nitrogens with one attached hydrogen (secondary N) is 1. The van der Waals surface area contributed by atoms with Gasteiger partial charge >= 0.3 is 0 Å². The Morgan fingerprint density at radius 2 is 1.95 bits per heavy atom. The van der Waals surface area contributed by atoms with Crippen molar-refractivity contribution in [3.63, 3.8) is 0 Å². The van der Waals surface area contributed by atoms with Crippen molar-refractivity contribution in [2.24, 2.45) is 0 Å². The Labute approximate surface area is 124 Å². The third kappa shape index (κ3) is 2.59. The van der Waals surface area contributed by atoms with Gasteiger partial charge in [-0.1, -0.05) is 24.3 Å². The van der Waals surface area contributed by atoms with Gasteiger partial charge in [-0.05, 0) is 49.8 Å². The molecule has 0 fully saturated rings. The number of hydrogen-bond donors (Lipinski definition) is 1. The van der Waals surface area contributed by atoms with Crippen molar-refractivity contribution in [2.75, 3.05) is 5.32 Å². The largest absolute Gasteiger partial charge is 0.364 e. The van der Waals surface area contributed by atoms with Gasteiger partial charge in [-0.2, -0.15) is 10.4 Å². The molecule has 1 unspecified atom stereocenters. The predicted octanol–water partition coefficient (Wildman–Crippen LogP) is 2.93. The van der Waals surface area contributed by atoms with E-state index in [-0.39, 0.29) is 0 Å². The van der Waals surface area contributed by atoms with E-state index in [4.69, 9.17) is 0 Å². The van der Waals surface area contributed by atoms with Crippen LogP contribution in [0, 0.1) is 25.2 Å². The van der Waals surface area contributed by atoms with Crippen LogP contribution in [0.2, 0.25) is 0 Å². The van der Waals surface area contributed by atoms with Crippen LogP contribution in [0.1, 0.15) is 34.4 Å². The fourth-order valence-electron chi connectivity index (χ4n) is 2.86. The summed E-state index contributed by atoms with van der Waals surface area (Å²) in [7, 11) is 0. The fraction of sp³-hybridized carbons (Fsp3) is 0.353. The summed E-state index contributed by atoms with van der Waals surface area (Å²) in [6.07, 6.45) is 3.08. The zero-order valence-electron chi connectivity index (χ0n) is 12.3.